The van der Waals surface area contributed by atoms with Gasteiger partial charge in [-0.15, -0.1) is 0 Å². The van der Waals surface area contributed by atoms with Crippen molar-refractivity contribution in [3.8, 4) is 11.5 Å². The summed E-state index contributed by atoms with van der Waals surface area (Å²) >= 11 is 3.26. The number of ether oxygens (including phenoxy) is 1. The van der Waals surface area contributed by atoms with Crippen molar-refractivity contribution in [2.45, 2.75) is 0 Å². The molecule has 0 aliphatic carbocycles. The minimum absolute atomic E-state index is 0.145. The van der Waals surface area contributed by atoms with Gasteiger partial charge < -0.3 is 4.74 Å². The summed E-state index contributed by atoms with van der Waals surface area (Å²) in [5, 5.41) is 0. The Morgan fingerprint density at radius 1 is 1.12 bits per heavy atom. The van der Waals surface area contributed by atoms with Gasteiger partial charge in [-0.2, -0.15) is 0 Å². The molecule has 0 N–H and O–H groups in total. The number of aldehydes is 1. The average Bonchev–Trinajstić information content (AvgIpc) is 2.34. The van der Waals surface area contributed by atoms with E-state index in [1.807, 2.05) is 0 Å². The highest BCUT2D eigenvalue weighted by molar-refractivity contribution is 9.10. The molecular formula is C13H8BrFO2. The van der Waals surface area contributed by atoms with E-state index < -0.39 is 5.82 Å². The van der Waals surface area contributed by atoms with E-state index in [-0.39, 0.29) is 5.75 Å². The quantitative estimate of drug-likeness (QED) is 0.793. The zero-order valence-electron chi connectivity index (χ0n) is 8.69. The zero-order chi connectivity index (χ0) is 12.3. The van der Waals surface area contributed by atoms with E-state index in [9.17, 15) is 9.18 Å². The first-order valence-corrected chi connectivity index (χ1v) is 5.67. The van der Waals surface area contributed by atoms with Gasteiger partial charge in [-0.05, 0) is 46.3 Å². The maximum Gasteiger partial charge on any atom is 0.165 e. The Kier molecular flexibility index (Phi) is 3.54. The molecule has 86 valence electrons. The lowest BCUT2D eigenvalue weighted by Crippen LogP contribution is -1.90. The number of halogens is 2. The second-order valence-corrected chi connectivity index (χ2v) is 4.19. The molecule has 17 heavy (non-hydrogen) atoms. The fourth-order valence-electron chi connectivity index (χ4n) is 1.32. The number of benzene rings is 2. The molecule has 0 saturated carbocycles. The number of hydrogen-bond acceptors (Lipinski definition) is 2. The molecule has 0 unspecified atom stereocenters. The van der Waals surface area contributed by atoms with Crippen LogP contribution in [0.4, 0.5) is 4.39 Å². The molecule has 0 radical (unpaired) electrons. The van der Waals surface area contributed by atoms with E-state index in [1.54, 1.807) is 30.3 Å². The maximum absolute atomic E-state index is 13.4. The molecule has 4 heteroatoms. The van der Waals surface area contributed by atoms with Gasteiger partial charge in [0.05, 0.1) is 4.47 Å². The van der Waals surface area contributed by atoms with Gasteiger partial charge in [-0.25, -0.2) is 4.39 Å². The number of para-hydroxylation sites is 1. The Labute approximate surface area is 106 Å². The van der Waals surface area contributed by atoms with E-state index in [0.717, 1.165) is 6.29 Å². The highest BCUT2D eigenvalue weighted by Gasteiger charge is 2.07. The molecule has 0 aromatic heterocycles. The number of carbonyl (C=O) groups excluding carboxylic acids is 1. The van der Waals surface area contributed by atoms with E-state index in [4.69, 9.17) is 4.74 Å². The van der Waals surface area contributed by atoms with Crippen LogP contribution in [-0.4, -0.2) is 6.29 Å². The zero-order valence-corrected chi connectivity index (χ0v) is 10.3. The third kappa shape index (κ3) is 2.71. The minimum Gasteiger partial charge on any atom is -0.453 e. The molecule has 2 nitrogen and oxygen atoms in total. The van der Waals surface area contributed by atoms with Crippen LogP contribution in [0, 0.1) is 5.82 Å². The first-order valence-electron chi connectivity index (χ1n) is 4.88. The normalized spacial score (nSPS) is 10.0. The summed E-state index contributed by atoms with van der Waals surface area (Å²) in [6.45, 7) is 0. The summed E-state index contributed by atoms with van der Waals surface area (Å²) in [7, 11) is 0. The molecule has 0 bridgehead atoms. The first-order chi connectivity index (χ1) is 8.20. The van der Waals surface area contributed by atoms with Crippen LogP contribution < -0.4 is 4.74 Å². The van der Waals surface area contributed by atoms with Crippen LogP contribution in [0.15, 0.2) is 46.9 Å². The van der Waals surface area contributed by atoms with Gasteiger partial charge in [-0.3, -0.25) is 4.79 Å². The number of rotatable bonds is 3. The molecule has 0 aliphatic rings. The summed E-state index contributed by atoms with van der Waals surface area (Å²) in [6, 6.07) is 11.0. The van der Waals surface area contributed by atoms with E-state index in [0.29, 0.717) is 15.8 Å². The van der Waals surface area contributed by atoms with Gasteiger partial charge in [0.15, 0.2) is 11.6 Å². The second kappa shape index (κ2) is 5.10. The van der Waals surface area contributed by atoms with Crippen molar-refractivity contribution < 1.29 is 13.9 Å². The molecule has 0 spiro atoms. The van der Waals surface area contributed by atoms with Crippen molar-refractivity contribution in [1.29, 1.82) is 0 Å². The van der Waals surface area contributed by atoms with Crippen LogP contribution in [0.5, 0.6) is 11.5 Å². The van der Waals surface area contributed by atoms with Crippen molar-refractivity contribution in [1.82, 2.24) is 0 Å². The minimum atomic E-state index is -0.432. The highest BCUT2D eigenvalue weighted by atomic mass is 79.9. The van der Waals surface area contributed by atoms with Crippen LogP contribution >= 0.6 is 15.9 Å². The molecule has 0 fully saturated rings. The monoisotopic (exact) mass is 294 g/mol. The summed E-state index contributed by atoms with van der Waals surface area (Å²) in [5.74, 6) is 0.173. The van der Waals surface area contributed by atoms with Crippen LogP contribution in [0.2, 0.25) is 0 Å². The molecular weight excluding hydrogens is 287 g/mol. The largest absolute Gasteiger partial charge is 0.453 e. The van der Waals surface area contributed by atoms with E-state index in [2.05, 4.69) is 15.9 Å². The Hall–Kier alpha value is -1.68. The molecule has 2 aromatic rings. The van der Waals surface area contributed by atoms with Gasteiger partial charge in [0.25, 0.3) is 0 Å². The molecule has 2 aromatic carbocycles. The Bertz CT molecular complexity index is 555. The molecule has 0 heterocycles. The third-order valence-electron chi connectivity index (χ3n) is 2.15. The Morgan fingerprint density at radius 3 is 2.53 bits per heavy atom. The standard InChI is InChI=1S/C13H8BrFO2/c14-10-7-9(8-16)5-6-12(10)17-13-4-2-1-3-11(13)15/h1-8H. The van der Waals surface area contributed by atoms with E-state index in [1.165, 1.54) is 12.1 Å². The number of carbonyl (C=O) groups is 1. The number of hydrogen-bond donors (Lipinski definition) is 0. The fourth-order valence-corrected chi connectivity index (χ4v) is 1.80. The highest BCUT2D eigenvalue weighted by Crippen LogP contribution is 2.31. The lowest BCUT2D eigenvalue weighted by atomic mass is 10.2. The van der Waals surface area contributed by atoms with Crippen LogP contribution in [0.3, 0.4) is 0 Å². The molecule has 2 rings (SSSR count). The summed E-state index contributed by atoms with van der Waals surface area (Å²) in [5.41, 5.74) is 0.526. The molecule has 0 amide bonds. The summed E-state index contributed by atoms with van der Waals surface area (Å²) in [4.78, 5) is 10.6. The van der Waals surface area contributed by atoms with Crippen molar-refractivity contribution in [2.24, 2.45) is 0 Å². The van der Waals surface area contributed by atoms with Crippen LogP contribution in [-0.2, 0) is 0 Å². The lowest BCUT2D eigenvalue weighted by Gasteiger charge is -2.08. The van der Waals surface area contributed by atoms with Gasteiger partial charge in [-0.1, -0.05) is 12.1 Å². The van der Waals surface area contributed by atoms with Gasteiger partial charge in [0, 0.05) is 5.56 Å². The van der Waals surface area contributed by atoms with Crippen molar-refractivity contribution in [3.05, 3.63) is 58.3 Å². The lowest BCUT2D eigenvalue weighted by molar-refractivity contribution is 0.112. The van der Waals surface area contributed by atoms with Gasteiger partial charge >= 0.3 is 0 Å². The van der Waals surface area contributed by atoms with Crippen molar-refractivity contribution in [2.75, 3.05) is 0 Å². The fraction of sp³-hybridized carbons (Fsp3) is 0. The SMILES string of the molecule is O=Cc1ccc(Oc2ccccc2F)c(Br)c1. The molecule has 0 aliphatic heterocycles. The molecule has 0 atom stereocenters. The summed E-state index contributed by atoms with van der Waals surface area (Å²) < 4.78 is 19.4. The molecule has 0 saturated heterocycles. The van der Waals surface area contributed by atoms with Gasteiger partial charge in [0.1, 0.15) is 12.0 Å². The second-order valence-electron chi connectivity index (χ2n) is 3.34. The van der Waals surface area contributed by atoms with Gasteiger partial charge in [0.2, 0.25) is 0 Å². The predicted molar refractivity (Wildman–Crippen MR) is 66.0 cm³/mol. The van der Waals surface area contributed by atoms with Crippen molar-refractivity contribution in [3.63, 3.8) is 0 Å². The summed E-state index contributed by atoms with van der Waals surface area (Å²) in [6.07, 6.45) is 0.734. The maximum atomic E-state index is 13.4. The smallest absolute Gasteiger partial charge is 0.165 e. The van der Waals surface area contributed by atoms with Crippen LogP contribution in [0.25, 0.3) is 0 Å². The first kappa shape index (κ1) is 11.8. The topological polar surface area (TPSA) is 26.3 Å². The Morgan fingerprint density at radius 2 is 1.88 bits per heavy atom. The Balaban J connectivity index is 2.31. The average molecular weight is 295 g/mol. The van der Waals surface area contributed by atoms with Crippen LogP contribution in [0.1, 0.15) is 10.4 Å². The predicted octanol–water partition coefficient (Wildman–Crippen LogP) is 4.19. The van der Waals surface area contributed by atoms with Crippen molar-refractivity contribution >= 4 is 22.2 Å². The van der Waals surface area contributed by atoms with E-state index >= 15 is 0 Å². The third-order valence-corrected chi connectivity index (χ3v) is 2.77.